The summed E-state index contributed by atoms with van der Waals surface area (Å²) in [5, 5.41) is 6.47. The van der Waals surface area contributed by atoms with Crippen LogP contribution < -0.4 is 5.56 Å². The number of carbonyl (C=O) groups is 1. The minimum absolute atomic E-state index is 0.0415. The van der Waals surface area contributed by atoms with Crippen LogP contribution in [0.15, 0.2) is 40.5 Å². The van der Waals surface area contributed by atoms with Crippen molar-refractivity contribution in [1.29, 1.82) is 0 Å². The molecule has 0 atom stereocenters. The van der Waals surface area contributed by atoms with Crippen LogP contribution in [0.4, 0.5) is 4.39 Å². The van der Waals surface area contributed by atoms with Crippen molar-refractivity contribution in [2.45, 2.75) is 39.5 Å². The molecule has 33 heavy (non-hydrogen) atoms. The Morgan fingerprint density at radius 1 is 1.12 bits per heavy atom. The highest BCUT2D eigenvalue weighted by atomic mass is 32.1. The molecule has 0 unspecified atom stereocenters. The fourth-order valence-electron chi connectivity index (χ4n) is 4.37. The maximum absolute atomic E-state index is 13.6. The molecule has 0 N–H and O–H groups in total. The number of likely N-dealkylation sites (tertiary alicyclic amines) is 1. The topological polar surface area (TPSA) is 72.5 Å². The van der Waals surface area contributed by atoms with Gasteiger partial charge in [0.05, 0.1) is 23.4 Å². The second-order valence-electron chi connectivity index (χ2n) is 8.40. The number of nitrogens with zero attached hydrogens (tertiary/aromatic N) is 5. The summed E-state index contributed by atoms with van der Waals surface area (Å²) in [6.45, 7) is 5.23. The van der Waals surface area contributed by atoms with Crippen LogP contribution in [0.1, 0.15) is 36.3 Å². The Labute approximate surface area is 194 Å². The molecule has 1 saturated heterocycles. The van der Waals surface area contributed by atoms with E-state index in [9.17, 15) is 14.0 Å². The van der Waals surface area contributed by atoms with Crippen molar-refractivity contribution in [3.05, 3.63) is 69.0 Å². The third kappa shape index (κ3) is 3.97. The molecule has 0 radical (unpaired) electrons. The predicted octanol–water partition coefficient (Wildman–Crippen LogP) is 3.92. The molecule has 1 aliphatic heterocycles. The van der Waals surface area contributed by atoms with E-state index in [0.29, 0.717) is 33.3 Å². The normalized spacial score (nSPS) is 14.2. The molecule has 9 heteroatoms. The van der Waals surface area contributed by atoms with E-state index in [4.69, 9.17) is 0 Å². The zero-order chi connectivity index (χ0) is 23.1. The number of fused-ring (bicyclic) bond motifs is 1. The molecular weight excluding hydrogens is 441 g/mol. The maximum atomic E-state index is 13.6. The Morgan fingerprint density at radius 2 is 1.85 bits per heavy atom. The van der Waals surface area contributed by atoms with Crippen LogP contribution in [0.3, 0.4) is 0 Å². The molecule has 0 spiro atoms. The second kappa shape index (κ2) is 8.55. The highest BCUT2D eigenvalue weighted by molar-refractivity contribution is 7.15. The summed E-state index contributed by atoms with van der Waals surface area (Å²) in [7, 11) is 0. The van der Waals surface area contributed by atoms with Crippen molar-refractivity contribution in [2.24, 2.45) is 0 Å². The highest BCUT2D eigenvalue weighted by Gasteiger charge is 2.22. The van der Waals surface area contributed by atoms with E-state index in [0.717, 1.165) is 38.0 Å². The van der Waals surface area contributed by atoms with Gasteiger partial charge >= 0.3 is 0 Å². The van der Waals surface area contributed by atoms with Crippen molar-refractivity contribution in [1.82, 2.24) is 24.1 Å². The van der Waals surface area contributed by atoms with Gasteiger partial charge in [-0.1, -0.05) is 0 Å². The number of thiazole rings is 1. The van der Waals surface area contributed by atoms with Gasteiger partial charge in [-0.05, 0) is 63.4 Å². The van der Waals surface area contributed by atoms with E-state index < -0.39 is 0 Å². The molecule has 0 bridgehead atoms. The van der Waals surface area contributed by atoms with Crippen LogP contribution >= 0.6 is 11.3 Å². The first kappa shape index (κ1) is 21.5. The Hall–Kier alpha value is -3.33. The number of rotatable bonds is 4. The predicted molar refractivity (Wildman–Crippen MR) is 125 cm³/mol. The summed E-state index contributed by atoms with van der Waals surface area (Å²) in [6.07, 6.45) is 3.38. The number of hydrogen-bond acceptors (Lipinski definition) is 5. The first-order chi connectivity index (χ1) is 15.9. The summed E-state index contributed by atoms with van der Waals surface area (Å²) >= 11 is 1.36. The fraction of sp³-hybridized carbons (Fsp3) is 0.333. The number of benzene rings is 1. The molecule has 4 aromatic rings. The van der Waals surface area contributed by atoms with E-state index >= 15 is 0 Å². The second-order valence-corrected chi connectivity index (χ2v) is 9.24. The number of aromatic nitrogens is 4. The number of carbonyl (C=O) groups excluding carboxylic acids is 1. The van der Waals surface area contributed by atoms with Gasteiger partial charge in [-0.15, -0.1) is 11.3 Å². The van der Waals surface area contributed by atoms with Gasteiger partial charge in [-0.25, -0.2) is 14.1 Å². The molecule has 1 aliphatic rings. The number of aryl methyl sites for hydroxylation is 2. The molecule has 4 heterocycles. The van der Waals surface area contributed by atoms with E-state index in [1.54, 1.807) is 28.1 Å². The Kier molecular flexibility index (Phi) is 5.57. The molecule has 0 aliphatic carbocycles. The smallest absolute Gasteiger partial charge is 0.268 e. The standard InChI is InChI=1S/C24H24FN5O2S/c1-15-12-20(27-30(15)18-8-6-17(25)7-9-18)22-16(2)26-24-29(23(22)32)19(14-33-24)13-21(31)28-10-4-3-5-11-28/h6-9,12,14H,3-5,10-11,13H2,1-2H3. The van der Waals surface area contributed by atoms with Crippen LogP contribution in [-0.4, -0.2) is 43.1 Å². The average molecular weight is 466 g/mol. The van der Waals surface area contributed by atoms with Gasteiger partial charge in [0.25, 0.3) is 5.56 Å². The van der Waals surface area contributed by atoms with Crippen molar-refractivity contribution in [3.63, 3.8) is 0 Å². The van der Waals surface area contributed by atoms with Crippen molar-refractivity contribution < 1.29 is 9.18 Å². The Morgan fingerprint density at radius 3 is 2.58 bits per heavy atom. The van der Waals surface area contributed by atoms with Gasteiger partial charge in [-0.2, -0.15) is 5.10 Å². The monoisotopic (exact) mass is 465 g/mol. The lowest BCUT2D eigenvalue weighted by molar-refractivity contribution is -0.131. The Balaban J connectivity index is 1.55. The van der Waals surface area contributed by atoms with Crippen LogP contribution in [0.25, 0.3) is 21.9 Å². The van der Waals surface area contributed by atoms with E-state index in [2.05, 4.69) is 10.1 Å². The molecule has 0 saturated carbocycles. The summed E-state index contributed by atoms with van der Waals surface area (Å²) in [5.41, 5.74) is 3.42. The third-order valence-electron chi connectivity index (χ3n) is 6.08. The number of amides is 1. The summed E-state index contributed by atoms with van der Waals surface area (Å²) in [4.78, 5) is 33.5. The molecule has 1 fully saturated rings. The molecule has 7 nitrogen and oxygen atoms in total. The Bertz CT molecular complexity index is 1400. The van der Waals surface area contributed by atoms with Gasteiger partial charge in [0.1, 0.15) is 11.5 Å². The molecule has 5 rings (SSSR count). The molecule has 170 valence electrons. The summed E-state index contributed by atoms with van der Waals surface area (Å²) in [6, 6.07) is 7.86. The van der Waals surface area contributed by atoms with Crippen LogP contribution in [-0.2, 0) is 11.2 Å². The zero-order valence-electron chi connectivity index (χ0n) is 18.5. The molecule has 1 amide bonds. The van der Waals surface area contributed by atoms with Crippen molar-refractivity contribution in [3.8, 4) is 16.9 Å². The van der Waals surface area contributed by atoms with Gasteiger partial charge < -0.3 is 4.90 Å². The number of halogens is 1. The van der Waals surface area contributed by atoms with E-state index in [-0.39, 0.29) is 23.7 Å². The van der Waals surface area contributed by atoms with Gasteiger partial charge in [-0.3, -0.25) is 14.0 Å². The number of hydrogen-bond donors (Lipinski definition) is 0. The van der Waals surface area contributed by atoms with E-state index in [1.165, 1.54) is 23.5 Å². The molecular formula is C24H24FN5O2S. The molecule has 3 aromatic heterocycles. The molecule has 1 aromatic carbocycles. The lowest BCUT2D eigenvalue weighted by Gasteiger charge is -2.26. The van der Waals surface area contributed by atoms with Crippen LogP contribution in [0.2, 0.25) is 0 Å². The largest absolute Gasteiger partial charge is 0.342 e. The van der Waals surface area contributed by atoms with Crippen molar-refractivity contribution in [2.75, 3.05) is 13.1 Å². The lowest BCUT2D eigenvalue weighted by atomic mass is 10.1. The van der Waals surface area contributed by atoms with Crippen LogP contribution in [0, 0.1) is 19.7 Å². The first-order valence-corrected chi connectivity index (χ1v) is 11.9. The lowest BCUT2D eigenvalue weighted by Crippen LogP contribution is -2.37. The summed E-state index contributed by atoms with van der Waals surface area (Å²) in [5.74, 6) is -0.281. The minimum Gasteiger partial charge on any atom is -0.342 e. The zero-order valence-corrected chi connectivity index (χ0v) is 19.4. The summed E-state index contributed by atoms with van der Waals surface area (Å²) < 4.78 is 16.6. The maximum Gasteiger partial charge on any atom is 0.268 e. The van der Waals surface area contributed by atoms with Gasteiger partial charge in [0, 0.05) is 29.9 Å². The van der Waals surface area contributed by atoms with Gasteiger partial charge in [0.15, 0.2) is 4.96 Å². The third-order valence-corrected chi connectivity index (χ3v) is 6.95. The van der Waals surface area contributed by atoms with Crippen LogP contribution in [0.5, 0.6) is 0 Å². The van der Waals surface area contributed by atoms with Gasteiger partial charge in [0.2, 0.25) is 5.91 Å². The highest BCUT2D eigenvalue weighted by Crippen LogP contribution is 2.24. The van der Waals surface area contributed by atoms with E-state index in [1.807, 2.05) is 23.3 Å². The fourth-order valence-corrected chi connectivity index (χ4v) is 5.30. The quantitative estimate of drug-likeness (QED) is 0.458. The van der Waals surface area contributed by atoms with Crippen molar-refractivity contribution >= 4 is 22.2 Å². The minimum atomic E-state index is -0.323. The average Bonchev–Trinajstić information content (AvgIpc) is 3.38. The number of piperidine rings is 1. The first-order valence-electron chi connectivity index (χ1n) is 11.0. The SMILES string of the molecule is Cc1nc2scc(CC(=O)N3CCCCC3)n2c(=O)c1-c1cc(C)n(-c2ccc(F)cc2)n1.